The summed E-state index contributed by atoms with van der Waals surface area (Å²) in [5.74, 6) is -0.925. The minimum atomic E-state index is -4.62. The predicted molar refractivity (Wildman–Crippen MR) is 77.1 cm³/mol. The van der Waals surface area contributed by atoms with Crippen LogP contribution in [0.15, 0.2) is 48.8 Å². The predicted octanol–water partition coefficient (Wildman–Crippen LogP) is 3.81. The van der Waals surface area contributed by atoms with E-state index < -0.39 is 23.3 Å². The van der Waals surface area contributed by atoms with Crippen molar-refractivity contribution in [3.8, 4) is 5.75 Å². The maximum Gasteiger partial charge on any atom is 0.417 e. The second-order valence-electron chi connectivity index (χ2n) is 4.94. The third-order valence-electron chi connectivity index (χ3n) is 3.36. The number of carbonyl (C=O) groups excluding carboxylic acids is 1. The summed E-state index contributed by atoms with van der Waals surface area (Å²) >= 11 is 0. The van der Waals surface area contributed by atoms with Gasteiger partial charge in [-0.1, -0.05) is 12.1 Å². The van der Waals surface area contributed by atoms with Gasteiger partial charge in [-0.2, -0.15) is 13.2 Å². The maximum absolute atomic E-state index is 12.9. The minimum absolute atomic E-state index is 0.137. The van der Waals surface area contributed by atoms with Crippen LogP contribution in [0.4, 0.5) is 13.2 Å². The molecule has 0 saturated heterocycles. The standard InChI is InChI=1S/C16H11F3N2O2/c1-21-9-20-13-8-10(6-7-14(13)21)23-15(22)11-4-2-3-5-12(11)16(17,18)19/h2-9H,1H3. The zero-order valence-electron chi connectivity index (χ0n) is 12.0. The molecule has 0 aliphatic rings. The molecule has 3 rings (SSSR count). The molecule has 1 aromatic heterocycles. The number of carbonyl (C=O) groups is 1. The van der Waals surface area contributed by atoms with Gasteiger partial charge in [-0.15, -0.1) is 0 Å². The number of alkyl halides is 3. The highest BCUT2D eigenvalue weighted by Crippen LogP contribution is 2.32. The van der Waals surface area contributed by atoms with E-state index in [0.717, 1.165) is 17.6 Å². The molecule has 0 unspecified atom stereocenters. The molecule has 1 heterocycles. The molecule has 118 valence electrons. The molecule has 0 bridgehead atoms. The number of ether oxygens (including phenoxy) is 1. The molecule has 0 fully saturated rings. The molecule has 0 aliphatic carbocycles. The van der Waals surface area contributed by atoms with Crippen LogP contribution in [-0.4, -0.2) is 15.5 Å². The normalized spacial score (nSPS) is 11.7. The van der Waals surface area contributed by atoms with E-state index in [1.54, 1.807) is 24.0 Å². The Morgan fingerprint density at radius 3 is 2.65 bits per heavy atom. The number of hydrogen-bond donors (Lipinski definition) is 0. The fraction of sp³-hybridized carbons (Fsp3) is 0.125. The number of halogens is 3. The van der Waals surface area contributed by atoms with Crippen molar-refractivity contribution in [2.24, 2.45) is 7.05 Å². The fourth-order valence-electron chi connectivity index (χ4n) is 2.25. The topological polar surface area (TPSA) is 44.1 Å². The van der Waals surface area contributed by atoms with Crippen LogP contribution in [0.5, 0.6) is 5.75 Å². The first-order chi connectivity index (χ1) is 10.9. The highest BCUT2D eigenvalue weighted by Gasteiger charge is 2.35. The molecule has 23 heavy (non-hydrogen) atoms. The van der Waals surface area contributed by atoms with Gasteiger partial charge in [0.05, 0.1) is 28.5 Å². The number of fused-ring (bicyclic) bond motifs is 1. The molecule has 0 spiro atoms. The first-order valence-corrected chi connectivity index (χ1v) is 6.66. The highest BCUT2D eigenvalue weighted by atomic mass is 19.4. The summed E-state index contributed by atoms with van der Waals surface area (Å²) in [6.07, 6.45) is -3.03. The van der Waals surface area contributed by atoms with Crippen LogP contribution in [-0.2, 0) is 13.2 Å². The molecular formula is C16H11F3N2O2. The van der Waals surface area contributed by atoms with Gasteiger partial charge >= 0.3 is 12.1 Å². The Morgan fingerprint density at radius 2 is 1.91 bits per heavy atom. The Morgan fingerprint density at radius 1 is 1.17 bits per heavy atom. The highest BCUT2D eigenvalue weighted by molar-refractivity contribution is 5.93. The number of aryl methyl sites for hydroxylation is 1. The average Bonchev–Trinajstić information content (AvgIpc) is 2.87. The van der Waals surface area contributed by atoms with E-state index in [1.807, 2.05) is 0 Å². The summed E-state index contributed by atoms with van der Waals surface area (Å²) in [6.45, 7) is 0. The number of esters is 1. The van der Waals surface area contributed by atoms with E-state index >= 15 is 0 Å². The minimum Gasteiger partial charge on any atom is -0.423 e. The number of rotatable bonds is 2. The third kappa shape index (κ3) is 2.90. The smallest absolute Gasteiger partial charge is 0.417 e. The molecule has 7 heteroatoms. The Hall–Kier alpha value is -2.83. The summed E-state index contributed by atoms with van der Waals surface area (Å²) < 4.78 is 45.7. The zero-order chi connectivity index (χ0) is 16.6. The quantitative estimate of drug-likeness (QED) is 0.533. The van der Waals surface area contributed by atoms with E-state index in [4.69, 9.17) is 4.74 Å². The van der Waals surface area contributed by atoms with Crippen LogP contribution >= 0.6 is 0 Å². The van der Waals surface area contributed by atoms with Crippen LogP contribution in [0, 0.1) is 0 Å². The first kappa shape index (κ1) is 15.1. The van der Waals surface area contributed by atoms with Crippen molar-refractivity contribution in [1.82, 2.24) is 9.55 Å². The number of nitrogens with zero attached hydrogens (tertiary/aromatic N) is 2. The Labute approximate surface area is 129 Å². The lowest BCUT2D eigenvalue weighted by Crippen LogP contribution is -2.16. The number of imidazole rings is 1. The summed E-state index contributed by atoms with van der Waals surface area (Å²) in [5.41, 5.74) is -0.146. The van der Waals surface area contributed by atoms with Gasteiger partial charge in [0.2, 0.25) is 0 Å². The van der Waals surface area contributed by atoms with Gasteiger partial charge in [0.1, 0.15) is 5.75 Å². The molecule has 0 aliphatic heterocycles. The molecule has 3 aromatic rings. The molecule has 0 saturated carbocycles. The van der Waals surface area contributed by atoms with Crippen LogP contribution in [0.2, 0.25) is 0 Å². The van der Waals surface area contributed by atoms with Gasteiger partial charge in [-0.05, 0) is 24.3 Å². The van der Waals surface area contributed by atoms with E-state index in [1.165, 1.54) is 24.3 Å². The van der Waals surface area contributed by atoms with E-state index in [0.29, 0.717) is 5.52 Å². The number of benzene rings is 2. The van der Waals surface area contributed by atoms with Crippen LogP contribution in [0.1, 0.15) is 15.9 Å². The lowest BCUT2D eigenvalue weighted by Gasteiger charge is -2.12. The van der Waals surface area contributed by atoms with Crippen LogP contribution < -0.4 is 4.74 Å². The van der Waals surface area contributed by atoms with Crippen molar-refractivity contribution in [2.45, 2.75) is 6.18 Å². The molecule has 0 N–H and O–H groups in total. The summed E-state index contributed by atoms with van der Waals surface area (Å²) in [5, 5.41) is 0. The van der Waals surface area contributed by atoms with Crippen LogP contribution in [0.3, 0.4) is 0 Å². The first-order valence-electron chi connectivity index (χ1n) is 6.66. The molecule has 2 aromatic carbocycles. The summed E-state index contributed by atoms with van der Waals surface area (Å²) in [4.78, 5) is 16.2. The SMILES string of the molecule is Cn1cnc2cc(OC(=O)c3ccccc3C(F)(F)F)ccc21. The van der Waals surface area contributed by atoms with Gasteiger partial charge in [0.15, 0.2) is 0 Å². The number of hydrogen-bond acceptors (Lipinski definition) is 3. The van der Waals surface area contributed by atoms with Gasteiger partial charge in [-0.3, -0.25) is 0 Å². The summed E-state index contributed by atoms with van der Waals surface area (Å²) in [6, 6.07) is 9.21. The molecule has 0 atom stereocenters. The Kier molecular flexibility index (Phi) is 3.55. The second-order valence-corrected chi connectivity index (χ2v) is 4.94. The summed E-state index contributed by atoms with van der Waals surface area (Å²) in [7, 11) is 1.81. The van der Waals surface area contributed by atoms with E-state index in [2.05, 4.69) is 4.98 Å². The van der Waals surface area contributed by atoms with Gasteiger partial charge in [0, 0.05) is 13.1 Å². The van der Waals surface area contributed by atoms with Crippen molar-refractivity contribution in [3.05, 3.63) is 59.9 Å². The maximum atomic E-state index is 12.9. The number of aromatic nitrogens is 2. The molecule has 0 amide bonds. The van der Waals surface area contributed by atoms with Crippen LogP contribution in [0.25, 0.3) is 11.0 Å². The van der Waals surface area contributed by atoms with Crippen molar-refractivity contribution < 1.29 is 22.7 Å². The Bertz CT molecular complexity index is 884. The lowest BCUT2D eigenvalue weighted by atomic mass is 10.1. The van der Waals surface area contributed by atoms with Crippen molar-refractivity contribution in [3.63, 3.8) is 0 Å². The molecular weight excluding hydrogens is 309 g/mol. The Balaban J connectivity index is 1.92. The third-order valence-corrected chi connectivity index (χ3v) is 3.36. The molecule has 0 radical (unpaired) electrons. The van der Waals surface area contributed by atoms with Gasteiger partial charge in [-0.25, -0.2) is 9.78 Å². The van der Waals surface area contributed by atoms with Crippen molar-refractivity contribution in [1.29, 1.82) is 0 Å². The van der Waals surface area contributed by atoms with E-state index in [-0.39, 0.29) is 5.75 Å². The second kappa shape index (κ2) is 5.42. The largest absolute Gasteiger partial charge is 0.423 e. The van der Waals surface area contributed by atoms with Crippen molar-refractivity contribution >= 4 is 17.0 Å². The monoisotopic (exact) mass is 320 g/mol. The van der Waals surface area contributed by atoms with E-state index in [9.17, 15) is 18.0 Å². The fourth-order valence-corrected chi connectivity index (χ4v) is 2.25. The van der Waals surface area contributed by atoms with Gasteiger partial charge in [0.25, 0.3) is 0 Å². The lowest BCUT2D eigenvalue weighted by molar-refractivity contribution is -0.138. The average molecular weight is 320 g/mol. The van der Waals surface area contributed by atoms with Crippen molar-refractivity contribution in [2.75, 3.05) is 0 Å². The molecule has 4 nitrogen and oxygen atoms in total. The zero-order valence-corrected chi connectivity index (χ0v) is 12.0. The van der Waals surface area contributed by atoms with Gasteiger partial charge < -0.3 is 9.30 Å².